The van der Waals surface area contributed by atoms with Crippen LogP contribution in [-0.4, -0.2) is 75.8 Å². The largest absolute Gasteiger partial charge is 0.492 e. The van der Waals surface area contributed by atoms with Crippen molar-refractivity contribution in [1.29, 1.82) is 0 Å². The Hall–Kier alpha value is -2.57. The Morgan fingerprint density at radius 1 is 1.05 bits per heavy atom. The predicted octanol–water partition coefficient (Wildman–Crippen LogP) is 4.32. The van der Waals surface area contributed by atoms with Crippen molar-refractivity contribution in [2.24, 2.45) is 0 Å². The van der Waals surface area contributed by atoms with E-state index in [2.05, 4.69) is 0 Å². The number of carbonyl (C=O) groups excluding carboxylic acids is 1. The summed E-state index contributed by atoms with van der Waals surface area (Å²) in [4.78, 5) is 20.3. The van der Waals surface area contributed by atoms with Gasteiger partial charge in [0.2, 0.25) is 10.0 Å². The van der Waals surface area contributed by atoms with Crippen LogP contribution < -0.4 is 9.64 Å². The smallest absolute Gasteiger partial charge is 0.260 e. The third-order valence-corrected chi connectivity index (χ3v) is 9.73. The number of ether oxygens (including phenoxy) is 3. The number of nitrogens with zero attached hydrogens (tertiary/aromatic N) is 3. The van der Waals surface area contributed by atoms with Crippen molar-refractivity contribution in [3.8, 4) is 5.75 Å². The lowest BCUT2D eigenvalue weighted by atomic mass is 10.2. The van der Waals surface area contributed by atoms with Gasteiger partial charge in [0.25, 0.3) is 5.91 Å². The van der Waals surface area contributed by atoms with Crippen molar-refractivity contribution in [2.45, 2.75) is 49.7 Å². The lowest BCUT2D eigenvalue weighted by Gasteiger charge is -2.23. The Labute approximate surface area is 227 Å². The van der Waals surface area contributed by atoms with Crippen LogP contribution in [0.5, 0.6) is 5.75 Å². The van der Waals surface area contributed by atoms with Crippen LogP contribution in [0.2, 0.25) is 0 Å². The van der Waals surface area contributed by atoms with E-state index in [4.69, 9.17) is 19.2 Å². The fourth-order valence-corrected chi connectivity index (χ4v) is 7.01. The van der Waals surface area contributed by atoms with Gasteiger partial charge in [0.05, 0.1) is 35.0 Å². The van der Waals surface area contributed by atoms with Crippen LogP contribution >= 0.6 is 11.3 Å². The van der Waals surface area contributed by atoms with E-state index in [-0.39, 0.29) is 23.0 Å². The van der Waals surface area contributed by atoms with Crippen molar-refractivity contribution >= 4 is 42.6 Å². The Morgan fingerprint density at radius 2 is 1.74 bits per heavy atom. The number of aromatic nitrogens is 1. The highest BCUT2D eigenvalue weighted by atomic mass is 32.2. The molecule has 2 aliphatic heterocycles. The van der Waals surface area contributed by atoms with Crippen molar-refractivity contribution < 1.29 is 27.4 Å². The van der Waals surface area contributed by atoms with Gasteiger partial charge in [-0.05, 0) is 69.0 Å². The van der Waals surface area contributed by atoms with E-state index >= 15 is 0 Å². The second-order valence-corrected chi connectivity index (χ2v) is 12.6. The summed E-state index contributed by atoms with van der Waals surface area (Å²) in [6.07, 6.45) is 3.45. The van der Waals surface area contributed by atoms with Gasteiger partial charge in [0.15, 0.2) is 5.13 Å². The monoisotopic (exact) mass is 559 g/mol. The second-order valence-electron chi connectivity index (χ2n) is 9.53. The maximum Gasteiger partial charge on any atom is 0.260 e. The summed E-state index contributed by atoms with van der Waals surface area (Å²) < 4.78 is 45.6. The zero-order valence-electron chi connectivity index (χ0n) is 21.7. The van der Waals surface area contributed by atoms with Crippen LogP contribution in [0, 0.1) is 0 Å². The molecule has 3 heterocycles. The number of rotatable bonds is 10. The highest BCUT2D eigenvalue weighted by Gasteiger charge is 2.29. The number of hydrogen-bond donors (Lipinski definition) is 0. The molecule has 0 bridgehead atoms. The van der Waals surface area contributed by atoms with Crippen molar-refractivity contribution in [1.82, 2.24) is 9.29 Å². The summed E-state index contributed by atoms with van der Waals surface area (Å²) in [5.74, 6) is 0.424. The van der Waals surface area contributed by atoms with Crippen LogP contribution in [0.25, 0.3) is 10.2 Å². The molecule has 5 rings (SSSR count). The van der Waals surface area contributed by atoms with Gasteiger partial charge in [0, 0.05) is 32.4 Å². The highest BCUT2D eigenvalue weighted by molar-refractivity contribution is 7.89. The number of likely N-dealkylation sites (N-methyl/N-ethyl adjacent to an activating group) is 1. The quantitative estimate of drug-likeness (QED) is 0.365. The first kappa shape index (κ1) is 27.0. The third kappa shape index (κ3) is 5.72. The zero-order valence-corrected chi connectivity index (χ0v) is 23.3. The molecule has 1 amide bonds. The summed E-state index contributed by atoms with van der Waals surface area (Å²) in [6.45, 7) is 4.45. The molecule has 2 atom stereocenters. The number of amides is 1. The van der Waals surface area contributed by atoms with Gasteiger partial charge in [-0.15, -0.1) is 0 Å². The molecule has 0 radical (unpaired) electrons. The molecule has 0 spiro atoms. The van der Waals surface area contributed by atoms with E-state index in [9.17, 15) is 13.2 Å². The van der Waals surface area contributed by atoms with Crippen LogP contribution in [0.1, 0.15) is 43.0 Å². The molecule has 1 aromatic heterocycles. The molecule has 2 fully saturated rings. The topological polar surface area (TPSA) is 98.3 Å². The van der Waals surface area contributed by atoms with Crippen molar-refractivity contribution in [3.05, 3.63) is 48.0 Å². The van der Waals surface area contributed by atoms with E-state index in [1.54, 1.807) is 24.1 Å². The molecular formula is C27H33N3O6S2. The number of para-hydroxylation sites is 1. The van der Waals surface area contributed by atoms with Crippen LogP contribution in [0.3, 0.4) is 0 Å². The number of thiazole rings is 1. The van der Waals surface area contributed by atoms with Crippen molar-refractivity contribution in [3.63, 3.8) is 0 Å². The predicted molar refractivity (Wildman–Crippen MR) is 147 cm³/mol. The minimum Gasteiger partial charge on any atom is -0.492 e. The molecule has 0 N–H and O–H groups in total. The Balaban J connectivity index is 1.40. The molecule has 204 valence electrons. The van der Waals surface area contributed by atoms with Gasteiger partial charge in [-0.1, -0.05) is 17.4 Å². The van der Waals surface area contributed by atoms with Gasteiger partial charge in [-0.3, -0.25) is 9.69 Å². The summed E-state index contributed by atoms with van der Waals surface area (Å²) >= 11 is 1.42. The fourth-order valence-electron chi connectivity index (χ4n) is 4.82. The van der Waals surface area contributed by atoms with Gasteiger partial charge < -0.3 is 14.2 Å². The Kier molecular flexibility index (Phi) is 8.29. The van der Waals surface area contributed by atoms with E-state index in [0.29, 0.717) is 49.4 Å². The first-order valence-corrected chi connectivity index (χ1v) is 15.3. The molecule has 38 heavy (non-hydrogen) atoms. The normalized spacial score (nSPS) is 19.9. The van der Waals surface area contributed by atoms with E-state index < -0.39 is 10.0 Å². The van der Waals surface area contributed by atoms with Crippen LogP contribution in [-0.2, 0) is 19.5 Å². The molecule has 11 heteroatoms. The number of fused-ring (bicyclic) bond motifs is 1. The zero-order chi connectivity index (χ0) is 26.7. The molecule has 9 nitrogen and oxygen atoms in total. The lowest BCUT2D eigenvalue weighted by Crippen LogP contribution is -2.37. The molecule has 2 aromatic carbocycles. The number of carbonyl (C=O) groups is 1. The summed E-state index contributed by atoms with van der Waals surface area (Å²) in [7, 11) is -2.14. The lowest BCUT2D eigenvalue weighted by molar-refractivity contribution is 0.0917. The van der Waals surface area contributed by atoms with E-state index in [0.717, 1.165) is 35.9 Å². The number of anilines is 1. The van der Waals surface area contributed by atoms with Gasteiger partial charge in [-0.25, -0.2) is 13.4 Å². The molecule has 2 aliphatic rings. The van der Waals surface area contributed by atoms with Crippen LogP contribution in [0.4, 0.5) is 5.13 Å². The SMILES string of the molecule is CCOc1cccc2sc(N(CC3CCCO3)C(=O)c3ccc(S(=O)(=O)N(C)CC4CCCO4)cc3)nc12. The molecule has 3 aromatic rings. The van der Waals surface area contributed by atoms with E-state index in [1.807, 2.05) is 25.1 Å². The summed E-state index contributed by atoms with van der Waals surface area (Å²) in [5, 5.41) is 0.556. The van der Waals surface area contributed by atoms with E-state index in [1.165, 1.54) is 27.8 Å². The average molecular weight is 560 g/mol. The summed E-state index contributed by atoms with van der Waals surface area (Å²) in [6, 6.07) is 11.9. The number of sulfonamides is 1. The Bertz CT molecular complexity index is 1360. The summed E-state index contributed by atoms with van der Waals surface area (Å²) in [5.41, 5.74) is 1.10. The third-order valence-electron chi connectivity index (χ3n) is 6.85. The maximum atomic E-state index is 13.8. The van der Waals surface area contributed by atoms with Gasteiger partial charge in [0.1, 0.15) is 11.3 Å². The first-order valence-electron chi connectivity index (χ1n) is 13.0. The van der Waals surface area contributed by atoms with Gasteiger partial charge in [-0.2, -0.15) is 4.31 Å². The first-order chi connectivity index (χ1) is 18.4. The maximum absolute atomic E-state index is 13.8. The molecule has 2 unspecified atom stereocenters. The molecule has 0 saturated carbocycles. The highest BCUT2D eigenvalue weighted by Crippen LogP contribution is 2.35. The van der Waals surface area contributed by atoms with Gasteiger partial charge >= 0.3 is 0 Å². The minimum absolute atomic E-state index is 0.0802. The number of benzene rings is 2. The second kappa shape index (κ2) is 11.7. The van der Waals surface area contributed by atoms with Crippen LogP contribution in [0.15, 0.2) is 47.4 Å². The average Bonchev–Trinajstić information content (AvgIpc) is 3.70. The fraction of sp³-hybridized carbons (Fsp3) is 0.481. The minimum atomic E-state index is -3.70. The molecule has 0 aliphatic carbocycles. The standard InChI is InChI=1S/C27H33N3O6S2/c1-3-34-23-9-4-10-24-25(23)28-27(37-24)30(18-21-8-6-16-36-21)26(31)19-11-13-22(14-12-19)38(32,33)29(2)17-20-7-5-15-35-20/h4,9-14,20-21H,3,5-8,15-18H2,1-2H3. The van der Waals surface area contributed by atoms with Crippen molar-refractivity contribution in [2.75, 3.05) is 44.9 Å². The molecule has 2 saturated heterocycles. The Morgan fingerprint density at radius 3 is 2.37 bits per heavy atom. The number of hydrogen-bond acceptors (Lipinski definition) is 8. The molecular weight excluding hydrogens is 526 g/mol.